The second-order valence-electron chi connectivity index (χ2n) is 23.5. The standard InChI is InChI=1S/C69H132O6/c1-4-7-10-13-16-19-22-25-28-30-32-33-34-35-36-37-38-40-41-44-47-50-53-56-59-62-68(71)74-65-66(64-73-67(70)61-58-55-52-49-46-43-27-24-21-18-15-12-9-6-3)75-69(72)63-60-57-54-51-48-45-42-39-31-29-26-23-20-17-14-11-8-5-2/h29,31,66H,4-28,30,32-65H2,1-3H3/b31-29-. The maximum Gasteiger partial charge on any atom is 0.306 e. The van der Waals surface area contributed by atoms with Crippen molar-refractivity contribution in [3.05, 3.63) is 12.2 Å². The van der Waals surface area contributed by atoms with Crippen LogP contribution in [0.5, 0.6) is 0 Å². The topological polar surface area (TPSA) is 78.9 Å². The molecular weight excluding hydrogens is 925 g/mol. The van der Waals surface area contributed by atoms with Crippen LogP contribution in [0.1, 0.15) is 393 Å². The smallest absolute Gasteiger partial charge is 0.306 e. The lowest BCUT2D eigenvalue weighted by atomic mass is 10.0. The summed E-state index contributed by atoms with van der Waals surface area (Å²) < 4.78 is 17.0. The Morgan fingerprint density at radius 2 is 0.440 bits per heavy atom. The van der Waals surface area contributed by atoms with Crippen LogP contribution >= 0.6 is 0 Å². The molecule has 0 aromatic rings. The van der Waals surface area contributed by atoms with Crippen LogP contribution in [0.2, 0.25) is 0 Å². The maximum atomic E-state index is 12.9. The van der Waals surface area contributed by atoms with Crippen molar-refractivity contribution in [2.24, 2.45) is 0 Å². The summed E-state index contributed by atoms with van der Waals surface area (Å²) >= 11 is 0. The zero-order valence-corrected chi connectivity index (χ0v) is 51.1. The van der Waals surface area contributed by atoms with Gasteiger partial charge in [-0.2, -0.15) is 0 Å². The third-order valence-electron chi connectivity index (χ3n) is 15.8. The van der Waals surface area contributed by atoms with E-state index in [1.165, 1.54) is 295 Å². The molecule has 0 aliphatic carbocycles. The Morgan fingerprint density at radius 1 is 0.253 bits per heavy atom. The van der Waals surface area contributed by atoms with Crippen LogP contribution in [0.15, 0.2) is 12.2 Å². The monoisotopic (exact) mass is 1060 g/mol. The first-order chi connectivity index (χ1) is 37.0. The molecule has 0 fully saturated rings. The van der Waals surface area contributed by atoms with Gasteiger partial charge in [-0.1, -0.05) is 341 Å². The summed E-state index contributed by atoms with van der Waals surface area (Å²) in [7, 11) is 0. The average molecular weight is 1060 g/mol. The number of rotatable bonds is 64. The molecule has 1 atom stereocenters. The number of carbonyl (C=O) groups excluding carboxylic acids is 3. The maximum absolute atomic E-state index is 12.9. The molecule has 0 aliphatic rings. The van der Waals surface area contributed by atoms with Crippen molar-refractivity contribution in [2.75, 3.05) is 13.2 Å². The van der Waals surface area contributed by atoms with E-state index in [9.17, 15) is 14.4 Å². The van der Waals surface area contributed by atoms with Gasteiger partial charge in [0.1, 0.15) is 13.2 Å². The van der Waals surface area contributed by atoms with Gasteiger partial charge in [0.15, 0.2) is 6.10 Å². The summed E-state index contributed by atoms with van der Waals surface area (Å²) in [4.78, 5) is 38.4. The van der Waals surface area contributed by atoms with Crippen LogP contribution in [0.25, 0.3) is 0 Å². The predicted octanol–water partition coefficient (Wildman–Crippen LogP) is 23.2. The molecule has 0 aromatic carbocycles. The van der Waals surface area contributed by atoms with Crippen molar-refractivity contribution >= 4 is 17.9 Å². The van der Waals surface area contributed by atoms with Gasteiger partial charge in [0.2, 0.25) is 0 Å². The lowest BCUT2D eigenvalue weighted by Gasteiger charge is -2.18. The first-order valence-corrected chi connectivity index (χ1v) is 34.2. The van der Waals surface area contributed by atoms with Crippen molar-refractivity contribution in [1.82, 2.24) is 0 Å². The Kier molecular flexibility index (Phi) is 63.1. The molecule has 0 amide bonds. The molecule has 6 nitrogen and oxygen atoms in total. The highest BCUT2D eigenvalue weighted by Crippen LogP contribution is 2.19. The molecule has 0 saturated heterocycles. The summed E-state index contributed by atoms with van der Waals surface area (Å²) in [6.45, 7) is 6.72. The highest BCUT2D eigenvalue weighted by molar-refractivity contribution is 5.71. The molecule has 0 rings (SSSR count). The molecule has 0 radical (unpaired) electrons. The van der Waals surface area contributed by atoms with Crippen LogP contribution in [0.3, 0.4) is 0 Å². The molecule has 0 heterocycles. The number of hydrogen-bond donors (Lipinski definition) is 0. The molecular formula is C69H132O6. The van der Waals surface area contributed by atoms with Crippen molar-refractivity contribution in [2.45, 2.75) is 399 Å². The first kappa shape index (κ1) is 73.2. The van der Waals surface area contributed by atoms with E-state index in [2.05, 4.69) is 32.9 Å². The van der Waals surface area contributed by atoms with Crippen molar-refractivity contribution < 1.29 is 28.6 Å². The van der Waals surface area contributed by atoms with Crippen molar-refractivity contribution in [3.63, 3.8) is 0 Å². The largest absolute Gasteiger partial charge is 0.462 e. The molecule has 1 unspecified atom stereocenters. The average Bonchev–Trinajstić information content (AvgIpc) is 3.41. The summed E-state index contributed by atoms with van der Waals surface area (Å²) in [6.07, 6.45) is 76.6. The lowest BCUT2D eigenvalue weighted by Crippen LogP contribution is -2.30. The fourth-order valence-electron chi connectivity index (χ4n) is 10.6. The van der Waals surface area contributed by atoms with Gasteiger partial charge in [-0.25, -0.2) is 0 Å². The Labute approximate surface area is 469 Å². The third kappa shape index (κ3) is 62.9. The molecule has 6 heteroatoms. The fourth-order valence-corrected chi connectivity index (χ4v) is 10.6. The minimum absolute atomic E-state index is 0.0650. The summed E-state index contributed by atoms with van der Waals surface area (Å²) in [5, 5.41) is 0. The van der Waals surface area contributed by atoms with E-state index in [0.29, 0.717) is 19.3 Å². The minimum Gasteiger partial charge on any atom is -0.462 e. The van der Waals surface area contributed by atoms with Gasteiger partial charge in [0, 0.05) is 19.3 Å². The highest BCUT2D eigenvalue weighted by Gasteiger charge is 2.19. The highest BCUT2D eigenvalue weighted by atomic mass is 16.6. The number of hydrogen-bond acceptors (Lipinski definition) is 6. The molecule has 0 bridgehead atoms. The normalized spacial score (nSPS) is 12.0. The molecule has 0 aromatic heterocycles. The zero-order valence-electron chi connectivity index (χ0n) is 51.1. The number of unbranched alkanes of at least 4 members (excludes halogenated alkanes) is 51. The number of allylic oxidation sites excluding steroid dienone is 2. The number of ether oxygens (including phenoxy) is 3. The first-order valence-electron chi connectivity index (χ1n) is 34.2. The van der Waals surface area contributed by atoms with Crippen molar-refractivity contribution in [1.29, 1.82) is 0 Å². The van der Waals surface area contributed by atoms with Gasteiger partial charge in [-0.3, -0.25) is 14.4 Å². The summed E-state index contributed by atoms with van der Waals surface area (Å²) in [5.41, 5.74) is 0. The second-order valence-corrected chi connectivity index (χ2v) is 23.5. The zero-order chi connectivity index (χ0) is 54.3. The predicted molar refractivity (Wildman–Crippen MR) is 326 cm³/mol. The van der Waals surface area contributed by atoms with Crippen LogP contribution in [-0.4, -0.2) is 37.2 Å². The number of carbonyl (C=O) groups is 3. The van der Waals surface area contributed by atoms with Crippen LogP contribution in [-0.2, 0) is 28.6 Å². The fraction of sp³-hybridized carbons (Fsp3) is 0.928. The van der Waals surface area contributed by atoms with E-state index >= 15 is 0 Å². The molecule has 0 saturated carbocycles. The lowest BCUT2D eigenvalue weighted by molar-refractivity contribution is -0.167. The van der Waals surface area contributed by atoms with E-state index in [4.69, 9.17) is 14.2 Å². The molecule has 0 N–H and O–H groups in total. The van der Waals surface area contributed by atoms with E-state index < -0.39 is 6.10 Å². The van der Waals surface area contributed by atoms with Gasteiger partial charge in [0.05, 0.1) is 0 Å². The third-order valence-corrected chi connectivity index (χ3v) is 15.8. The van der Waals surface area contributed by atoms with Crippen molar-refractivity contribution in [3.8, 4) is 0 Å². The van der Waals surface area contributed by atoms with Gasteiger partial charge in [-0.15, -0.1) is 0 Å². The van der Waals surface area contributed by atoms with Gasteiger partial charge in [-0.05, 0) is 44.9 Å². The Balaban J connectivity index is 4.22. The van der Waals surface area contributed by atoms with Gasteiger partial charge in [0.25, 0.3) is 0 Å². The summed E-state index contributed by atoms with van der Waals surface area (Å²) in [5.74, 6) is -0.836. The van der Waals surface area contributed by atoms with E-state index in [-0.39, 0.29) is 31.1 Å². The van der Waals surface area contributed by atoms with Crippen LogP contribution in [0, 0.1) is 0 Å². The molecule has 444 valence electrons. The molecule has 0 aliphatic heterocycles. The summed E-state index contributed by atoms with van der Waals surface area (Å²) in [6, 6.07) is 0. The molecule has 75 heavy (non-hydrogen) atoms. The van der Waals surface area contributed by atoms with Crippen LogP contribution < -0.4 is 0 Å². The number of esters is 3. The van der Waals surface area contributed by atoms with E-state index in [1.54, 1.807) is 0 Å². The Bertz CT molecular complexity index is 1170. The van der Waals surface area contributed by atoms with E-state index in [0.717, 1.165) is 57.8 Å². The molecule has 0 spiro atoms. The van der Waals surface area contributed by atoms with Gasteiger partial charge >= 0.3 is 17.9 Å². The second kappa shape index (κ2) is 64.7. The van der Waals surface area contributed by atoms with E-state index in [1.807, 2.05) is 0 Å². The van der Waals surface area contributed by atoms with Gasteiger partial charge < -0.3 is 14.2 Å². The SMILES string of the molecule is CCCCCCCCC/C=C\CCCCCCCCCC(=O)OC(COC(=O)CCCCCCCCCCCCCCCC)COC(=O)CCCCCCCCCCCCCCCCCCCCCCCCCCC. The Hall–Kier alpha value is -1.85. The Morgan fingerprint density at radius 3 is 0.667 bits per heavy atom. The van der Waals surface area contributed by atoms with Crippen LogP contribution in [0.4, 0.5) is 0 Å². The minimum atomic E-state index is -0.768. The quantitative estimate of drug-likeness (QED) is 0.0261.